The Labute approximate surface area is 120 Å². The first kappa shape index (κ1) is 14.1. The SMILES string of the molecule is CN(C1CCCC1)S(=O)(=O)c1ccc(CNC2CC2)o1. The molecule has 0 saturated heterocycles. The van der Waals surface area contributed by atoms with Gasteiger partial charge in [-0.25, -0.2) is 8.42 Å². The predicted molar refractivity (Wildman–Crippen MR) is 75.8 cm³/mol. The van der Waals surface area contributed by atoms with Gasteiger partial charge in [0, 0.05) is 19.1 Å². The van der Waals surface area contributed by atoms with E-state index in [1.165, 1.54) is 17.1 Å². The van der Waals surface area contributed by atoms with Crippen LogP contribution in [0, 0.1) is 0 Å². The Morgan fingerprint density at radius 3 is 2.60 bits per heavy atom. The maximum absolute atomic E-state index is 12.5. The van der Waals surface area contributed by atoms with Gasteiger partial charge in [-0.2, -0.15) is 4.31 Å². The molecule has 20 heavy (non-hydrogen) atoms. The third kappa shape index (κ3) is 2.92. The van der Waals surface area contributed by atoms with Crippen LogP contribution in [0.2, 0.25) is 0 Å². The highest BCUT2D eigenvalue weighted by Crippen LogP contribution is 2.28. The van der Waals surface area contributed by atoms with E-state index in [4.69, 9.17) is 4.42 Å². The van der Waals surface area contributed by atoms with Crippen molar-refractivity contribution in [1.29, 1.82) is 0 Å². The van der Waals surface area contributed by atoms with Crippen LogP contribution >= 0.6 is 0 Å². The second-order valence-corrected chi connectivity index (χ2v) is 7.76. The van der Waals surface area contributed by atoms with Crippen LogP contribution in [0.15, 0.2) is 21.6 Å². The van der Waals surface area contributed by atoms with Gasteiger partial charge in [-0.15, -0.1) is 0 Å². The van der Waals surface area contributed by atoms with Crippen molar-refractivity contribution in [1.82, 2.24) is 9.62 Å². The van der Waals surface area contributed by atoms with Crippen molar-refractivity contribution in [3.63, 3.8) is 0 Å². The summed E-state index contributed by atoms with van der Waals surface area (Å²) in [6, 6.07) is 4.04. The highest BCUT2D eigenvalue weighted by atomic mass is 32.2. The van der Waals surface area contributed by atoms with Gasteiger partial charge in [0.15, 0.2) is 0 Å². The normalized spacial score (nSPS) is 20.9. The van der Waals surface area contributed by atoms with E-state index >= 15 is 0 Å². The monoisotopic (exact) mass is 298 g/mol. The van der Waals surface area contributed by atoms with Crippen molar-refractivity contribution in [2.24, 2.45) is 0 Å². The zero-order valence-corrected chi connectivity index (χ0v) is 12.7. The molecule has 0 atom stereocenters. The molecule has 0 aromatic carbocycles. The van der Waals surface area contributed by atoms with Crippen molar-refractivity contribution in [3.05, 3.63) is 17.9 Å². The Morgan fingerprint density at radius 2 is 1.95 bits per heavy atom. The minimum Gasteiger partial charge on any atom is -0.447 e. The number of furan rings is 1. The van der Waals surface area contributed by atoms with E-state index in [9.17, 15) is 8.42 Å². The lowest BCUT2D eigenvalue weighted by Gasteiger charge is -2.22. The molecule has 2 aliphatic carbocycles. The van der Waals surface area contributed by atoms with Gasteiger partial charge in [0.1, 0.15) is 5.76 Å². The molecule has 112 valence electrons. The van der Waals surface area contributed by atoms with Crippen LogP contribution in [0.5, 0.6) is 0 Å². The first-order valence-electron chi connectivity index (χ1n) is 7.37. The molecule has 2 aliphatic rings. The molecule has 1 heterocycles. The summed E-state index contributed by atoms with van der Waals surface area (Å²) >= 11 is 0. The first-order valence-corrected chi connectivity index (χ1v) is 8.81. The summed E-state index contributed by atoms with van der Waals surface area (Å²) < 4.78 is 32.0. The topological polar surface area (TPSA) is 62.6 Å². The van der Waals surface area contributed by atoms with Crippen LogP contribution in [-0.4, -0.2) is 31.9 Å². The molecule has 0 bridgehead atoms. The lowest BCUT2D eigenvalue weighted by atomic mass is 10.3. The molecule has 2 fully saturated rings. The average Bonchev–Trinajstić information content (AvgIpc) is 2.95. The van der Waals surface area contributed by atoms with Crippen molar-refractivity contribution >= 4 is 10.0 Å². The molecule has 0 unspecified atom stereocenters. The fourth-order valence-corrected chi connectivity index (χ4v) is 4.07. The van der Waals surface area contributed by atoms with Crippen LogP contribution in [0.3, 0.4) is 0 Å². The number of rotatable bonds is 6. The third-order valence-electron chi connectivity index (χ3n) is 4.25. The van der Waals surface area contributed by atoms with E-state index in [1.807, 2.05) is 0 Å². The summed E-state index contributed by atoms with van der Waals surface area (Å²) in [5, 5.41) is 3.39. The van der Waals surface area contributed by atoms with Gasteiger partial charge in [0.05, 0.1) is 6.54 Å². The number of nitrogens with zero attached hydrogens (tertiary/aromatic N) is 1. The molecule has 5 nitrogen and oxygen atoms in total. The predicted octanol–water partition coefficient (Wildman–Crippen LogP) is 2.09. The minimum atomic E-state index is -3.49. The fourth-order valence-electron chi connectivity index (χ4n) is 2.73. The maximum Gasteiger partial charge on any atom is 0.276 e. The highest BCUT2D eigenvalue weighted by molar-refractivity contribution is 7.89. The first-order chi connectivity index (χ1) is 9.57. The quantitative estimate of drug-likeness (QED) is 0.873. The summed E-state index contributed by atoms with van der Waals surface area (Å²) in [7, 11) is -1.82. The molecule has 1 aromatic heterocycles. The van der Waals surface area contributed by atoms with E-state index in [1.54, 1.807) is 19.2 Å². The van der Waals surface area contributed by atoms with Crippen molar-refractivity contribution in [2.75, 3.05) is 7.05 Å². The van der Waals surface area contributed by atoms with Gasteiger partial charge in [-0.05, 0) is 37.8 Å². The van der Waals surface area contributed by atoms with Gasteiger partial charge >= 0.3 is 0 Å². The van der Waals surface area contributed by atoms with E-state index in [0.717, 1.165) is 25.7 Å². The Balaban J connectivity index is 1.69. The van der Waals surface area contributed by atoms with E-state index in [0.29, 0.717) is 18.3 Å². The average molecular weight is 298 g/mol. The van der Waals surface area contributed by atoms with Crippen molar-refractivity contribution in [2.45, 2.75) is 62.2 Å². The Kier molecular flexibility index (Phi) is 3.88. The summed E-state index contributed by atoms with van der Waals surface area (Å²) in [6.45, 7) is 0.604. The molecule has 0 aliphatic heterocycles. The third-order valence-corrected chi connectivity index (χ3v) is 6.04. The van der Waals surface area contributed by atoms with Gasteiger partial charge in [-0.3, -0.25) is 0 Å². The van der Waals surface area contributed by atoms with Gasteiger partial charge < -0.3 is 9.73 Å². The molecule has 2 saturated carbocycles. The second-order valence-electron chi connectivity index (χ2n) is 5.84. The van der Waals surface area contributed by atoms with Gasteiger partial charge in [0.2, 0.25) is 5.09 Å². The molecule has 3 rings (SSSR count). The van der Waals surface area contributed by atoms with Crippen molar-refractivity contribution in [3.8, 4) is 0 Å². The lowest BCUT2D eigenvalue weighted by molar-refractivity contribution is 0.343. The molecule has 0 spiro atoms. The van der Waals surface area contributed by atoms with Gasteiger partial charge in [-0.1, -0.05) is 12.8 Å². The molecule has 1 aromatic rings. The zero-order chi connectivity index (χ0) is 14.2. The van der Waals surface area contributed by atoms with Crippen LogP contribution in [0.1, 0.15) is 44.3 Å². The maximum atomic E-state index is 12.5. The number of nitrogens with one attached hydrogen (secondary N) is 1. The van der Waals surface area contributed by atoms with E-state index in [-0.39, 0.29) is 11.1 Å². The van der Waals surface area contributed by atoms with Crippen LogP contribution in [0.4, 0.5) is 0 Å². The summed E-state index contributed by atoms with van der Waals surface area (Å²) in [5.74, 6) is 0.690. The Hall–Kier alpha value is -0.850. The largest absolute Gasteiger partial charge is 0.447 e. The van der Waals surface area contributed by atoms with Crippen LogP contribution < -0.4 is 5.32 Å². The summed E-state index contributed by atoms with van der Waals surface area (Å²) in [5.41, 5.74) is 0. The van der Waals surface area contributed by atoms with Gasteiger partial charge in [0.25, 0.3) is 10.0 Å². The number of hydrogen-bond acceptors (Lipinski definition) is 4. The molecular weight excluding hydrogens is 276 g/mol. The fraction of sp³-hybridized carbons (Fsp3) is 0.714. The number of hydrogen-bond donors (Lipinski definition) is 1. The molecule has 6 heteroatoms. The lowest BCUT2D eigenvalue weighted by Crippen LogP contribution is -2.34. The minimum absolute atomic E-state index is 0.0690. The zero-order valence-electron chi connectivity index (χ0n) is 11.8. The molecular formula is C14H22N2O3S. The second kappa shape index (κ2) is 5.50. The van der Waals surface area contributed by atoms with Crippen molar-refractivity contribution < 1.29 is 12.8 Å². The van der Waals surface area contributed by atoms with E-state index in [2.05, 4.69) is 5.32 Å². The molecule has 0 amide bonds. The molecule has 1 N–H and O–H groups in total. The van der Waals surface area contributed by atoms with E-state index < -0.39 is 10.0 Å². The standard InChI is InChI=1S/C14H22N2O3S/c1-16(12-4-2-3-5-12)20(17,18)14-9-8-13(19-14)10-15-11-6-7-11/h8-9,11-12,15H,2-7,10H2,1H3. The Morgan fingerprint density at radius 1 is 1.25 bits per heavy atom. The molecule has 0 radical (unpaired) electrons. The Bertz CT molecular complexity index is 557. The summed E-state index contributed by atoms with van der Waals surface area (Å²) in [4.78, 5) is 0. The smallest absolute Gasteiger partial charge is 0.276 e. The summed E-state index contributed by atoms with van der Waals surface area (Å²) in [6.07, 6.45) is 6.53. The number of sulfonamides is 1. The van der Waals surface area contributed by atoms with Crippen LogP contribution in [0.25, 0.3) is 0 Å². The highest BCUT2D eigenvalue weighted by Gasteiger charge is 2.32. The van der Waals surface area contributed by atoms with Crippen LogP contribution in [-0.2, 0) is 16.6 Å².